The molecule has 28 heavy (non-hydrogen) atoms. The van der Waals surface area contributed by atoms with Crippen LogP contribution in [0.25, 0.3) is 11.2 Å². The standard InChI is InChI=1S/C20H28N6O2/c1-5-25(6-2)11-10-21-19-22-17-16(18(27)23-20(28)24(17)4)26(19)13-15-9-7-8-14(3)12-15/h7-9,12H,5-6,10-11,13H2,1-4H3,(H,21,22)(H,23,27,28). The van der Waals surface area contributed by atoms with Crippen LogP contribution in [0.1, 0.15) is 25.0 Å². The Hall–Kier alpha value is -2.87. The minimum Gasteiger partial charge on any atom is -0.354 e. The van der Waals surface area contributed by atoms with Crippen molar-refractivity contribution in [3.8, 4) is 0 Å². The van der Waals surface area contributed by atoms with E-state index in [1.807, 2.05) is 29.7 Å². The van der Waals surface area contributed by atoms with Crippen LogP contribution in [-0.2, 0) is 13.6 Å². The van der Waals surface area contributed by atoms with E-state index in [0.29, 0.717) is 30.2 Å². The monoisotopic (exact) mass is 384 g/mol. The molecule has 0 bridgehead atoms. The molecule has 2 heterocycles. The number of fused-ring (bicyclic) bond motifs is 1. The van der Waals surface area contributed by atoms with E-state index in [1.165, 1.54) is 4.57 Å². The molecule has 0 atom stereocenters. The minimum absolute atomic E-state index is 0.381. The van der Waals surface area contributed by atoms with Crippen molar-refractivity contribution in [1.82, 2.24) is 24.0 Å². The lowest BCUT2D eigenvalue weighted by molar-refractivity contribution is 0.315. The van der Waals surface area contributed by atoms with Crippen LogP contribution in [0.3, 0.4) is 0 Å². The summed E-state index contributed by atoms with van der Waals surface area (Å²) in [6, 6.07) is 8.14. The van der Waals surface area contributed by atoms with Crippen molar-refractivity contribution in [3.63, 3.8) is 0 Å². The van der Waals surface area contributed by atoms with Gasteiger partial charge in [-0.25, -0.2) is 4.79 Å². The van der Waals surface area contributed by atoms with Crippen molar-refractivity contribution in [3.05, 3.63) is 56.2 Å². The number of likely N-dealkylation sites (N-methyl/N-ethyl adjacent to an activating group) is 1. The fourth-order valence-electron chi connectivity index (χ4n) is 3.38. The summed E-state index contributed by atoms with van der Waals surface area (Å²) in [6.07, 6.45) is 0. The average molecular weight is 384 g/mol. The fourth-order valence-corrected chi connectivity index (χ4v) is 3.38. The van der Waals surface area contributed by atoms with Gasteiger partial charge in [-0.1, -0.05) is 43.7 Å². The number of H-pyrrole nitrogens is 1. The first-order valence-electron chi connectivity index (χ1n) is 9.65. The second kappa shape index (κ2) is 8.43. The highest BCUT2D eigenvalue weighted by molar-refractivity contribution is 5.74. The van der Waals surface area contributed by atoms with E-state index < -0.39 is 11.2 Å². The molecule has 0 saturated carbocycles. The summed E-state index contributed by atoms with van der Waals surface area (Å²) in [6.45, 7) is 10.3. The van der Waals surface area contributed by atoms with Crippen LogP contribution >= 0.6 is 0 Å². The van der Waals surface area contributed by atoms with Gasteiger partial charge >= 0.3 is 5.69 Å². The highest BCUT2D eigenvalue weighted by Crippen LogP contribution is 2.18. The molecule has 2 aromatic heterocycles. The van der Waals surface area contributed by atoms with E-state index in [-0.39, 0.29) is 0 Å². The molecule has 0 unspecified atom stereocenters. The molecule has 0 spiro atoms. The molecule has 0 aliphatic rings. The van der Waals surface area contributed by atoms with Crippen molar-refractivity contribution < 1.29 is 0 Å². The molecule has 0 aliphatic heterocycles. The van der Waals surface area contributed by atoms with Crippen molar-refractivity contribution >= 4 is 17.1 Å². The number of aryl methyl sites for hydroxylation is 2. The third-order valence-corrected chi connectivity index (χ3v) is 5.04. The van der Waals surface area contributed by atoms with Gasteiger partial charge in [0.05, 0.1) is 6.54 Å². The first-order valence-corrected chi connectivity index (χ1v) is 9.65. The smallest absolute Gasteiger partial charge is 0.329 e. The van der Waals surface area contributed by atoms with Crippen LogP contribution in [0.5, 0.6) is 0 Å². The van der Waals surface area contributed by atoms with Crippen LogP contribution < -0.4 is 16.6 Å². The summed E-state index contributed by atoms with van der Waals surface area (Å²) in [5.74, 6) is 0.593. The highest BCUT2D eigenvalue weighted by Gasteiger charge is 2.17. The second-order valence-electron chi connectivity index (χ2n) is 6.95. The molecule has 2 N–H and O–H groups in total. The van der Waals surface area contributed by atoms with Gasteiger partial charge in [-0.15, -0.1) is 0 Å². The first kappa shape index (κ1) is 19.9. The average Bonchev–Trinajstić information content (AvgIpc) is 3.02. The topological polar surface area (TPSA) is 88.0 Å². The number of imidazole rings is 1. The number of aromatic amines is 1. The lowest BCUT2D eigenvalue weighted by atomic mass is 10.1. The number of nitrogens with zero attached hydrogens (tertiary/aromatic N) is 4. The van der Waals surface area contributed by atoms with E-state index in [4.69, 9.17) is 0 Å². The zero-order valence-corrected chi connectivity index (χ0v) is 17.0. The Balaban J connectivity index is 2.03. The fraction of sp³-hybridized carbons (Fsp3) is 0.450. The normalized spacial score (nSPS) is 11.5. The van der Waals surface area contributed by atoms with Crippen LogP contribution in [-0.4, -0.2) is 50.2 Å². The Morgan fingerprint density at radius 1 is 1.21 bits per heavy atom. The van der Waals surface area contributed by atoms with E-state index in [9.17, 15) is 9.59 Å². The molecule has 0 saturated heterocycles. The molecule has 8 heteroatoms. The van der Waals surface area contributed by atoms with Crippen molar-refractivity contribution in [2.24, 2.45) is 7.05 Å². The zero-order chi connectivity index (χ0) is 20.3. The molecule has 3 aromatic rings. The van der Waals surface area contributed by atoms with E-state index in [0.717, 1.165) is 30.8 Å². The number of nitrogens with one attached hydrogen (secondary N) is 2. The Morgan fingerprint density at radius 3 is 2.64 bits per heavy atom. The number of hydrogen-bond acceptors (Lipinski definition) is 5. The van der Waals surface area contributed by atoms with Gasteiger partial charge in [0.25, 0.3) is 5.56 Å². The second-order valence-corrected chi connectivity index (χ2v) is 6.95. The summed E-state index contributed by atoms with van der Waals surface area (Å²) in [5.41, 5.74) is 2.11. The summed E-state index contributed by atoms with van der Waals surface area (Å²) < 4.78 is 3.23. The Morgan fingerprint density at radius 2 is 1.96 bits per heavy atom. The minimum atomic E-state index is -0.465. The third-order valence-electron chi connectivity index (χ3n) is 5.04. The number of benzene rings is 1. The van der Waals surface area contributed by atoms with Crippen LogP contribution in [0.15, 0.2) is 33.9 Å². The molecule has 3 rings (SSSR count). The van der Waals surface area contributed by atoms with Crippen LogP contribution in [0.2, 0.25) is 0 Å². The molecular weight excluding hydrogens is 356 g/mol. The van der Waals surface area contributed by atoms with Crippen molar-refractivity contribution in [1.29, 1.82) is 0 Å². The van der Waals surface area contributed by atoms with Gasteiger partial charge in [-0.3, -0.25) is 18.9 Å². The molecular formula is C20H28N6O2. The van der Waals surface area contributed by atoms with Gasteiger partial charge in [0, 0.05) is 20.1 Å². The van der Waals surface area contributed by atoms with Gasteiger partial charge in [-0.05, 0) is 25.6 Å². The quantitative estimate of drug-likeness (QED) is 0.615. The summed E-state index contributed by atoms with van der Waals surface area (Å²) in [7, 11) is 1.62. The predicted octanol–water partition coefficient (Wildman–Crippen LogP) is 1.53. The van der Waals surface area contributed by atoms with E-state index >= 15 is 0 Å². The molecule has 0 fully saturated rings. The Labute approximate surface area is 163 Å². The van der Waals surface area contributed by atoms with Gasteiger partial charge in [0.2, 0.25) is 5.95 Å². The largest absolute Gasteiger partial charge is 0.354 e. The van der Waals surface area contributed by atoms with E-state index in [2.05, 4.69) is 40.1 Å². The van der Waals surface area contributed by atoms with Gasteiger partial charge in [0.1, 0.15) is 0 Å². The van der Waals surface area contributed by atoms with Crippen LogP contribution in [0, 0.1) is 6.92 Å². The van der Waals surface area contributed by atoms with E-state index in [1.54, 1.807) is 7.05 Å². The maximum absolute atomic E-state index is 12.6. The summed E-state index contributed by atoms with van der Waals surface area (Å²) >= 11 is 0. The number of rotatable bonds is 8. The lowest BCUT2D eigenvalue weighted by Crippen LogP contribution is -2.29. The Kier molecular flexibility index (Phi) is 5.99. The summed E-state index contributed by atoms with van der Waals surface area (Å²) in [5, 5.41) is 3.35. The maximum Gasteiger partial charge on any atom is 0.329 e. The SMILES string of the molecule is CCN(CC)CCNc1nc2c(c(=O)[nH]c(=O)n2C)n1Cc1cccc(C)c1. The van der Waals surface area contributed by atoms with Crippen LogP contribution in [0.4, 0.5) is 5.95 Å². The molecule has 0 radical (unpaired) electrons. The Bertz CT molecular complexity index is 1070. The van der Waals surface area contributed by atoms with Gasteiger partial charge in [0.15, 0.2) is 11.2 Å². The third kappa shape index (κ3) is 4.01. The zero-order valence-electron chi connectivity index (χ0n) is 17.0. The molecule has 8 nitrogen and oxygen atoms in total. The predicted molar refractivity (Wildman–Crippen MR) is 112 cm³/mol. The molecule has 0 aliphatic carbocycles. The lowest BCUT2D eigenvalue weighted by Gasteiger charge is -2.18. The first-order chi connectivity index (χ1) is 13.4. The van der Waals surface area contributed by atoms with Gasteiger partial charge < -0.3 is 10.2 Å². The van der Waals surface area contributed by atoms with Gasteiger partial charge in [-0.2, -0.15) is 4.98 Å². The summed E-state index contributed by atoms with van der Waals surface area (Å²) in [4.78, 5) is 33.8. The molecule has 150 valence electrons. The number of aromatic nitrogens is 4. The van der Waals surface area contributed by atoms with Crippen molar-refractivity contribution in [2.75, 3.05) is 31.5 Å². The molecule has 0 amide bonds. The molecule has 1 aromatic carbocycles. The number of anilines is 1. The maximum atomic E-state index is 12.6. The highest BCUT2D eigenvalue weighted by atomic mass is 16.2. The number of hydrogen-bond donors (Lipinski definition) is 2. The van der Waals surface area contributed by atoms with Crippen molar-refractivity contribution in [2.45, 2.75) is 27.3 Å².